The smallest absolute Gasteiger partial charge is 0.128 e. The van der Waals surface area contributed by atoms with Gasteiger partial charge < -0.3 is 10.4 Å². The van der Waals surface area contributed by atoms with Crippen molar-refractivity contribution in [2.24, 2.45) is 0 Å². The number of rotatable bonds is 3. The third-order valence-electron chi connectivity index (χ3n) is 3.77. The zero-order valence-electron chi connectivity index (χ0n) is 12.2. The van der Waals surface area contributed by atoms with Crippen molar-refractivity contribution in [3.63, 3.8) is 0 Å². The summed E-state index contributed by atoms with van der Waals surface area (Å²) >= 11 is 0. The molecular formula is C19H16N2O. The van der Waals surface area contributed by atoms with Crippen LogP contribution in [-0.4, -0.2) is 5.11 Å². The van der Waals surface area contributed by atoms with E-state index in [1.54, 1.807) is 12.1 Å². The summed E-state index contributed by atoms with van der Waals surface area (Å²) in [5.41, 5.74) is 2.31. The Morgan fingerprint density at radius 3 is 2.68 bits per heavy atom. The Balaban J connectivity index is 1.93. The summed E-state index contributed by atoms with van der Waals surface area (Å²) in [6, 6.07) is 21.1. The second-order valence-electron chi connectivity index (χ2n) is 5.28. The lowest BCUT2D eigenvalue weighted by molar-refractivity contribution is 0.472. The van der Waals surface area contributed by atoms with Gasteiger partial charge in [0.05, 0.1) is 17.7 Å². The summed E-state index contributed by atoms with van der Waals surface area (Å²) in [5.74, 6) is 0.300. The van der Waals surface area contributed by atoms with Gasteiger partial charge in [-0.25, -0.2) is 0 Å². The summed E-state index contributed by atoms with van der Waals surface area (Å²) in [5, 5.41) is 24.7. The summed E-state index contributed by atoms with van der Waals surface area (Å²) < 4.78 is 0. The second-order valence-corrected chi connectivity index (χ2v) is 5.28. The molecule has 0 saturated carbocycles. The van der Waals surface area contributed by atoms with Gasteiger partial charge >= 0.3 is 0 Å². The van der Waals surface area contributed by atoms with Crippen molar-refractivity contribution in [1.29, 1.82) is 5.26 Å². The van der Waals surface area contributed by atoms with Crippen molar-refractivity contribution >= 4 is 16.5 Å². The maximum absolute atomic E-state index is 10.5. The highest BCUT2D eigenvalue weighted by atomic mass is 16.3. The molecule has 3 nitrogen and oxygen atoms in total. The monoisotopic (exact) mass is 288 g/mol. The van der Waals surface area contributed by atoms with E-state index >= 15 is 0 Å². The zero-order chi connectivity index (χ0) is 15.5. The van der Waals surface area contributed by atoms with E-state index in [0.717, 1.165) is 22.0 Å². The van der Waals surface area contributed by atoms with Gasteiger partial charge in [-0.2, -0.15) is 5.26 Å². The topological polar surface area (TPSA) is 56.0 Å². The van der Waals surface area contributed by atoms with Gasteiger partial charge in [-0.05, 0) is 30.5 Å². The summed E-state index contributed by atoms with van der Waals surface area (Å²) in [7, 11) is 0. The Bertz CT molecular complexity index is 865. The predicted molar refractivity (Wildman–Crippen MR) is 88.8 cm³/mol. The number of aromatic hydroxyl groups is 1. The van der Waals surface area contributed by atoms with Gasteiger partial charge in [0, 0.05) is 16.6 Å². The molecule has 0 radical (unpaired) electrons. The first-order chi connectivity index (χ1) is 10.7. The van der Waals surface area contributed by atoms with Crippen LogP contribution in [-0.2, 0) is 0 Å². The van der Waals surface area contributed by atoms with Crippen LogP contribution in [0.5, 0.6) is 5.75 Å². The normalized spacial score (nSPS) is 11.8. The number of hydrogen-bond donors (Lipinski definition) is 2. The minimum absolute atomic E-state index is 0.0708. The van der Waals surface area contributed by atoms with Crippen molar-refractivity contribution in [3.8, 4) is 11.8 Å². The van der Waals surface area contributed by atoms with Crippen molar-refractivity contribution in [3.05, 3.63) is 71.8 Å². The average Bonchev–Trinajstić information content (AvgIpc) is 2.55. The number of nitriles is 1. The van der Waals surface area contributed by atoms with Gasteiger partial charge in [-0.15, -0.1) is 0 Å². The Labute approximate surface area is 129 Å². The molecular weight excluding hydrogens is 272 g/mol. The van der Waals surface area contributed by atoms with Crippen molar-refractivity contribution in [2.75, 3.05) is 5.32 Å². The molecule has 0 aliphatic rings. The molecule has 3 aromatic rings. The number of phenolic OH excluding ortho intramolecular Hbond substituents is 1. The van der Waals surface area contributed by atoms with Gasteiger partial charge in [0.15, 0.2) is 0 Å². The molecule has 2 N–H and O–H groups in total. The Morgan fingerprint density at radius 1 is 1.05 bits per heavy atom. The molecule has 1 unspecified atom stereocenters. The minimum atomic E-state index is -0.0708. The SMILES string of the molecule is CC(Nc1cccc(C#N)c1)c1ccc2ccccc2c1O. The molecule has 0 aliphatic heterocycles. The highest BCUT2D eigenvalue weighted by molar-refractivity contribution is 5.89. The van der Waals surface area contributed by atoms with Gasteiger partial charge in [-0.3, -0.25) is 0 Å². The number of nitrogens with one attached hydrogen (secondary N) is 1. The number of benzene rings is 3. The van der Waals surface area contributed by atoms with Crippen LogP contribution in [0.4, 0.5) is 5.69 Å². The number of anilines is 1. The number of fused-ring (bicyclic) bond motifs is 1. The summed E-state index contributed by atoms with van der Waals surface area (Å²) in [4.78, 5) is 0. The maximum atomic E-state index is 10.5. The standard InChI is InChI=1S/C19H16N2O/c1-13(21-16-7-4-5-14(11-16)12-20)17-10-9-15-6-2-3-8-18(15)19(17)22/h2-11,13,21-22H,1H3. The maximum Gasteiger partial charge on any atom is 0.128 e. The third kappa shape index (κ3) is 2.59. The Kier molecular flexibility index (Phi) is 3.67. The summed E-state index contributed by atoms with van der Waals surface area (Å²) in [6.45, 7) is 1.99. The molecule has 0 fully saturated rings. The lowest BCUT2D eigenvalue weighted by Gasteiger charge is -2.18. The van der Waals surface area contributed by atoms with Crippen molar-refractivity contribution < 1.29 is 5.11 Å². The highest BCUT2D eigenvalue weighted by Crippen LogP contribution is 2.33. The molecule has 108 valence electrons. The molecule has 3 aromatic carbocycles. The first-order valence-electron chi connectivity index (χ1n) is 7.16. The first kappa shape index (κ1) is 14.0. The average molecular weight is 288 g/mol. The predicted octanol–water partition coefficient (Wildman–Crippen LogP) is 4.59. The van der Waals surface area contributed by atoms with E-state index in [0.29, 0.717) is 11.3 Å². The van der Waals surface area contributed by atoms with Gasteiger partial charge in [0.1, 0.15) is 5.75 Å². The molecule has 0 heterocycles. The molecule has 0 bridgehead atoms. The van der Waals surface area contributed by atoms with Crippen LogP contribution in [0.25, 0.3) is 10.8 Å². The fraction of sp³-hybridized carbons (Fsp3) is 0.105. The fourth-order valence-corrected chi connectivity index (χ4v) is 2.63. The van der Waals surface area contributed by atoms with Crippen LogP contribution in [0.15, 0.2) is 60.7 Å². The third-order valence-corrected chi connectivity index (χ3v) is 3.77. The van der Waals surface area contributed by atoms with E-state index in [1.165, 1.54) is 0 Å². The van der Waals surface area contributed by atoms with Crippen LogP contribution in [0.2, 0.25) is 0 Å². The number of phenols is 1. The van der Waals surface area contributed by atoms with E-state index in [9.17, 15) is 5.11 Å². The van der Waals surface area contributed by atoms with E-state index in [2.05, 4.69) is 11.4 Å². The molecule has 0 aromatic heterocycles. The summed E-state index contributed by atoms with van der Waals surface area (Å²) in [6.07, 6.45) is 0. The molecule has 3 heteroatoms. The highest BCUT2D eigenvalue weighted by Gasteiger charge is 2.13. The van der Waals surface area contributed by atoms with Gasteiger partial charge in [0.25, 0.3) is 0 Å². The van der Waals surface area contributed by atoms with Crippen molar-refractivity contribution in [2.45, 2.75) is 13.0 Å². The largest absolute Gasteiger partial charge is 0.507 e. The minimum Gasteiger partial charge on any atom is -0.507 e. The van der Waals surface area contributed by atoms with Gasteiger partial charge in [-0.1, -0.05) is 42.5 Å². The van der Waals surface area contributed by atoms with Gasteiger partial charge in [0.2, 0.25) is 0 Å². The first-order valence-corrected chi connectivity index (χ1v) is 7.16. The Morgan fingerprint density at radius 2 is 1.86 bits per heavy atom. The van der Waals surface area contributed by atoms with E-state index in [-0.39, 0.29) is 6.04 Å². The molecule has 3 rings (SSSR count). The van der Waals surface area contributed by atoms with Crippen molar-refractivity contribution in [1.82, 2.24) is 0 Å². The Hall–Kier alpha value is -2.99. The molecule has 22 heavy (non-hydrogen) atoms. The van der Waals surface area contributed by atoms with Crippen LogP contribution in [0.1, 0.15) is 24.1 Å². The van der Waals surface area contributed by atoms with E-state index < -0.39 is 0 Å². The van der Waals surface area contributed by atoms with Crippen LogP contribution >= 0.6 is 0 Å². The molecule has 0 aliphatic carbocycles. The molecule has 0 amide bonds. The van der Waals surface area contributed by atoms with Crippen LogP contribution in [0.3, 0.4) is 0 Å². The van der Waals surface area contributed by atoms with E-state index in [4.69, 9.17) is 5.26 Å². The second kappa shape index (κ2) is 5.79. The lowest BCUT2D eigenvalue weighted by Crippen LogP contribution is -2.07. The number of hydrogen-bond acceptors (Lipinski definition) is 3. The number of nitrogens with zero attached hydrogens (tertiary/aromatic N) is 1. The molecule has 1 atom stereocenters. The fourth-order valence-electron chi connectivity index (χ4n) is 2.63. The zero-order valence-corrected chi connectivity index (χ0v) is 12.2. The molecule has 0 spiro atoms. The van der Waals surface area contributed by atoms with Crippen LogP contribution in [0, 0.1) is 11.3 Å². The van der Waals surface area contributed by atoms with E-state index in [1.807, 2.05) is 55.5 Å². The quantitative estimate of drug-likeness (QED) is 0.741. The van der Waals surface area contributed by atoms with Crippen LogP contribution < -0.4 is 5.32 Å². The molecule has 0 saturated heterocycles. The lowest BCUT2D eigenvalue weighted by atomic mass is 10.0.